The van der Waals surface area contributed by atoms with Crippen LogP contribution in [-0.4, -0.2) is 53.1 Å². The summed E-state index contributed by atoms with van der Waals surface area (Å²) < 4.78 is 9.89. The van der Waals surface area contributed by atoms with Crippen LogP contribution in [0.1, 0.15) is 70.0 Å². The number of benzene rings is 1. The van der Waals surface area contributed by atoms with Crippen LogP contribution in [0.15, 0.2) is 48.7 Å². The first kappa shape index (κ1) is 30.3. The number of carbonyl (C=O) groups is 4. The van der Waals surface area contributed by atoms with Crippen LogP contribution in [0, 0.1) is 6.92 Å². The number of aromatic nitrogens is 1. The fraction of sp³-hybridized carbons (Fsp3) is 0.464. The van der Waals surface area contributed by atoms with Crippen LogP contribution in [0.5, 0.6) is 0 Å². The molecule has 0 radical (unpaired) electrons. The molecule has 1 aliphatic heterocycles. The maximum absolute atomic E-state index is 12.1. The molecule has 10 heteroatoms. The lowest BCUT2D eigenvalue weighted by Crippen LogP contribution is -2.62. The van der Waals surface area contributed by atoms with Gasteiger partial charge in [-0.2, -0.15) is 0 Å². The average Bonchev–Trinajstić information content (AvgIpc) is 2.88. The van der Waals surface area contributed by atoms with Crippen molar-refractivity contribution < 1.29 is 28.7 Å². The minimum absolute atomic E-state index is 0.0198. The van der Waals surface area contributed by atoms with Crippen molar-refractivity contribution in [1.29, 1.82) is 0 Å². The molecule has 1 saturated heterocycles. The summed E-state index contributed by atoms with van der Waals surface area (Å²) in [5, 5.41) is 5.32. The molecule has 1 fully saturated rings. The summed E-state index contributed by atoms with van der Waals surface area (Å²) in [5.41, 5.74) is 1.98. The predicted molar refractivity (Wildman–Crippen MR) is 143 cm³/mol. The van der Waals surface area contributed by atoms with E-state index in [1.54, 1.807) is 19.2 Å². The molecule has 2 unspecified atom stereocenters. The molecule has 2 heterocycles. The molecule has 2 aromatic rings. The lowest BCUT2D eigenvalue weighted by atomic mass is 10.0. The van der Waals surface area contributed by atoms with Gasteiger partial charge in [0.1, 0.15) is 11.9 Å². The van der Waals surface area contributed by atoms with E-state index >= 15 is 0 Å². The summed E-state index contributed by atoms with van der Waals surface area (Å²) in [7, 11) is 0. The molecular formula is C28H38N4O6. The van der Waals surface area contributed by atoms with E-state index in [1.807, 2.05) is 50.2 Å². The number of aryl methyl sites for hydroxylation is 1. The number of β-lactam (4-membered cyclic amide) rings is 1. The highest BCUT2D eigenvalue weighted by Crippen LogP contribution is 2.22. The van der Waals surface area contributed by atoms with E-state index in [9.17, 15) is 19.2 Å². The molecular weight excluding hydrogens is 488 g/mol. The molecule has 38 heavy (non-hydrogen) atoms. The quantitative estimate of drug-likeness (QED) is 0.249. The number of likely N-dealkylation sites (tertiary alicyclic amines) is 1. The summed E-state index contributed by atoms with van der Waals surface area (Å²) >= 11 is 0. The second kappa shape index (κ2) is 16.0. The number of rotatable bonds is 10. The molecule has 2 atom stereocenters. The second-order valence-electron chi connectivity index (χ2n) is 8.86. The largest absolute Gasteiger partial charge is 0.464 e. The molecule has 1 aromatic carbocycles. The van der Waals surface area contributed by atoms with Crippen LogP contribution in [0.4, 0.5) is 15.4 Å². The normalized spacial score (nSPS) is 14.8. The highest BCUT2D eigenvalue weighted by atomic mass is 16.5. The zero-order chi connectivity index (χ0) is 27.9. The van der Waals surface area contributed by atoms with Gasteiger partial charge in [0.2, 0.25) is 5.91 Å². The number of imide groups is 1. The van der Waals surface area contributed by atoms with Gasteiger partial charge >= 0.3 is 18.1 Å². The first-order valence-corrected chi connectivity index (χ1v) is 13.0. The van der Waals surface area contributed by atoms with Gasteiger partial charge in [0.15, 0.2) is 0 Å². The van der Waals surface area contributed by atoms with Gasteiger partial charge in [-0.15, -0.1) is 0 Å². The average molecular weight is 527 g/mol. The monoisotopic (exact) mass is 526 g/mol. The van der Waals surface area contributed by atoms with Crippen molar-refractivity contribution in [1.82, 2.24) is 15.2 Å². The first-order chi connectivity index (χ1) is 18.3. The predicted octanol–water partition coefficient (Wildman–Crippen LogP) is 5.14. The van der Waals surface area contributed by atoms with Crippen LogP contribution < -0.4 is 10.6 Å². The van der Waals surface area contributed by atoms with Crippen LogP contribution in [0.2, 0.25) is 0 Å². The molecule has 2 N–H and O–H groups in total. The number of carbonyl (C=O) groups excluding carboxylic acids is 4. The number of anilines is 1. The summed E-state index contributed by atoms with van der Waals surface area (Å²) in [4.78, 5) is 51.7. The van der Waals surface area contributed by atoms with E-state index in [0.29, 0.717) is 12.4 Å². The Bertz CT molecular complexity index is 1060. The lowest BCUT2D eigenvalue weighted by Gasteiger charge is -2.37. The topological polar surface area (TPSA) is 127 Å². The summed E-state index contributed by atoms with van der Waals surface area (Å²) in [6, 6.07) is 11.4. The molecule has 0 aliphatic carbocycles. The Morgan fingerprint density at radius 3 is 2.45 bits per heavy atom. The Balaban J connectivity index is 0.000000273. The third-order valence-corrected chi connectivity index (χ3v) is 5.74. The molecule has 1 aliphatic rings. The third kappa shape index (κ3) is 9.84. The number of hydrogen-bond acceptors (Lipinski definition) is 7. The number of hydrogen-bond donors (Lipinski definition) is 2. The minimum atomic E-state index is -0.805. The molecule has 206 valence electrons. The zero-order valence-electron chi connectivity index (χ0n) is 22.6. The third-order valence-electron chi connectivity index (χ3n) is 5.74. The van der Waals surface area contributed by atoms with E-state index < -0.39 is 24.1 Å². The van der Waals surface area contributed by atoms with Gasteiger partial charge in [0, 0.05) is 6.20 Å². The van der Waals surface area contributed by atoms with Gasteiger partial charge in [-0.1, -0.05) is 56.5 Å². The number of pyridine rings is 1. The summed E-state index contributed by atoms with van der Waals surface area (Å²) in [6.45, 7) is 8.29. The molecule has 1 aromatic heterocycles. The highest BCUT2D eigenvalue weighted by molar-refractivity contribution is 6.06. The van der Waals surface area contributed by atoms with Crippen molar-refractivity contribution in [2.24, 2.45) is 0 Å². The molecule has 10 nitrogen and oxygen atoms in total. The summed E-state index contributed by atoms with van der Waals surface area (Å²) in [5.74, 6) is -0.381. The van der Waals surface area contributed by atoms with Crippen LogP contribution >= 0.6 is 0 Å². The highest BCUT2D eigenvalue weighted by Gasteiger charge is 2.46. The zero-order valence-corrected chi connectivity index (χ0v) is 22.6. The second-order valence-corrected chi connectivity index (χ2v) is 8.86. The van der Waals surface area contributed by atoms with Gasteiger partial charge in [-0.25, -0.2) is 24.3 Å². The van der Waals surface area contributed by atoms with Crippen LogP contribution in [-0.2, 0) is 19.1 Å². The molecule has 0 bridgehead atoms. The fourth-order valence-corrected chi connectivity index (χ4v) is 3.62. The van der Waals surface area contributed by atoms with Crippen LogP contribution in [0.25, 0.3) is 0 Å². The van der Waals surface area contributed by atoms with Gasteiger partial charge in [0.05, 0.1) is 25.7 Å². The van der Waals surface area contributed by atoms with Crippen molar-refractivity contribution in [3.63, 3.8) is 0 Å². The number of unbranched alkanes of at least 4 members (excludes halogenated alkanes) is 3. The van der Waals surface area contributed by atoms with Crippen molar-refractivity contribution in [2.45, 2.75) is 71.9 Å². The lowest BCUT2D eigenvalue weighted by molar-refractivity contribution is -0.161. The van der Waals surface area contributed by atoms with Crippen LogP contribution in [0.3, 0.4) is 0 Å². The Labute approximate surface area is 224 Å². The number of nitrogens with one attached hydrogen (secondary N) is 2. The number of nitrogens with zero attached hydrogens (tertiary/aromatic N) is 2. The first-order valence-electron chi connectivity index (χ1n) is 13.0. The van der Waals surface area contributed by atoms with Crippen molar-refractivity contribution >= 4 is 29.8 Å². The van der Waals surface area contributed by atoms with E-state index in [4.69, 9.17) is 9.47 Å². The van der Waals surface area contributed by atoms with Crippen molar-refractivity contribution in [3.05, 3.63) is 59.8 Å². The van der Waals surface area contributed by atoms with E-state index in [-0.39, 0.29) is 25.0 Å². The maximum Gasteiger partial charge on any atom is 0.412 e. The van der Waals surface area contributed by atoms with E-state index in [1.165, 1.54) is 12.8 Å². The minimum Gasteiger partial charge on any atom is -0.464 e. The Kier molecular flexibility index (Phi) is 12.8. The number of urea groups is 1. The number of esters is 1. The van der Waals surface area contributed by atoms with E-state index in [2.05, 4.69) is 22.5 Å². The van der Waals surface area contributed by atoms with Gasteiger partial charge in [0.25, 0.3) is 0 Å². The van der Waals surface area contributed by atoms with Gasteiger partial charge in [-0.3, -0.25) is 10.1 Å². The van der Waals surface area contributed by atoms with Gasteiger partial charge in [-0.05, 0) is 50.5 Å². The standard InChI is InChI=1S/C15H18N2O4.C13H20N2O2/c1-3-21-14(19)12-9-13(18)17(12)15(20)16-10(2)11-7-5-4-6-8-11;1-3-4-5-6-9-17-13(16)15-12-10-11(2)7-8-14-12/h4-8,10,12H,3,9H2,1-2H3,(H,16,20);7-8,10H,3-6,9H2,1-2H3,(H,14,15,16). The number of ether oxygens (including phenoxy) is 2. The Hall–Kier alpha value is -3.95. The molecule has 3 rings (SSSR count). The van der Waals surface area contributed by atoms with E-state index in [0.717, 1.165) is 28.9 Å². The smallest absolute Gasteiger partial charge is 0.412 e. The molecule has 4 amide bonds. The SMILES string of the molecule is CCCCCCOC(=O)Nc1cc(C)ccn1.CCOC(=O)C1CC(=O)N1C(=O)NC(C)c1ccccc1. The molecule has 0 spiro atoms. The Morgan fingerprint density at radius 2 is 1.82 bits per heavy atom. The van der Waals surface area contributed by atoms with Crippen molar-refractivity contribution in [2.75, 3.05) is 18.5 Å². The fourth-order valence-electron chi connectivity index (χ4n) is 3.62. The van der Waals surface area contributed by atoms with Crippen molar-refractivity contribution in [3.8, 4) is 0 Å². The van der Waals surface area contributed by atoms with Gasteiger partial charge < -0.3 is 14.8 Å². The molecule has 0 saturated carbocycles. The summed E-state index contributed by atoms with van der Waals surface area (Å²) in [6.07, 6.45) is 5.64. The number of amides is 4. The Morgan fingerprint density at radius 1 is 1.08 bits per heavy atom. The maximum atomic E-state index is 12.1.